The van der Waals surface area contributed by atoms with Crippen LogP contribution in [0.2, 0.25) is 0 Å². The van der Waals surface area contributed by atoms with Crippen LogP contribution in [-0.2, 0) is 6.18 Å². The Labute approximate surface area is 142 Å². The largest absolute Gasteiger partial charge is 0.507 e. The molecule has 2 aromatic rings. The molecule has 0 bridgehead atoms. The van der Waals surface area contributed by atoms with Gasteiger partial charge >= 0.3 is 6.18 Å². The molecule has 0 unspecified atom stereocenters. The quantitative estimate of drug-likeness (QED) is 0.871. The summed E-state index contributed by atoms with van der Waals surface area (Å²) in [6.07, 6.45) is -1.52. The van der Waals surface area contributed by atoms with Crippen LogP contribution in [0.1, 0.15) is 30.3 Å². The number of phenolic OH excluding ortho intramolecular Hbond substituents is 1. The van der Waals surface area contributed by atoms with E-state index in [0.717, 1.165) is 31.5 Å². The Morgan fingerprint density at radius 3 is 2.68 bits per heavy atom. The molecule has 1 aliphatic heterocycles. The molecular weight excluding hydrogens is 335 g/mol. The fourth-order valence-corrected chi connectivity index (χ4v) is 3.16. The average molecular weight is 353 g/mol. The topological polar surface area (TPSA) is 67.2 Å². The lowest BCUT2D eigenvalue weighted by Crippen LogP contribution is -2.38. The van der Waals surface area contributed by atoms with Gasteiger partial charge in [0, 0.05) is 18.3 Å². The van der Waals surface area contributed by atoms with E-state index in [0.29, 0.717) is 18.4 Å². The first kappa shape index (κ1) is 17.5. The zero-order valence-electron chi connectivity index (χ0n) is 13.6. The van der Waals surface area contributed by atoms with Gasteiger partial charge in [-0.3, -0.25) is 9.36 Å². The molecule has 1 fully saturated rings. The summed E-state index contributed by atoms with van der Waals surface area (Å²) in [4.78, 5) is 17.1. The van der Waals surface area contributed by atoms with Gasteiger partial charge in [0.1, 0.15) is 11.6 Å². The van der Waals surface area contributed by atoms with Crippen LogP contribution in [-0.4, -0.2) is 27.7 Å². The molecular formula is C17H18F3N3O2. The third-order valence-corrected chi connectivity index (χ3v) is 4.43. The van der Waals surface area contributed by atoms with E-state index >= 15 is 0 Å². The number of aromatic nitrogens is 2. The first-order chi connectivity index (χ1) is 11.8. The molecule has 0 spiro atoms. The van der Waals surface area contributed by atoms with Crippen LogP contribution in [0.25, 0.3) is 11.1 Å². The Morgan fingerprint density at radius 2 is 2.08 bits per heavy atom. The lowest BCUT2D eigenvalue weighted by atomic mass is 10.0. The summed E-state index contributed by atoms with van der Waals surface area (Å²) in [5.74, 6) is -0.0558. The summed E-state index contributed by atoms with van der Waals surface area (Å²) in [6.45, 7) is 3.23. The van der Waals surface area contributed by atoms with Crippen molar-refractivity contribution < 1.29 is 18.3 Å². The molecule has 1 aromatic carbocycles. The zero-order valence-corrected chi connectivity index (χ0v) is 13.6. The zero-order chi connectivity index (χ0) is 18.2. The van der Waals surface area contributed by atoms with Gasteiger partial charge in [0.05, 0.1) is 17.2 Å². The van der Waals surface area contributed by atoms with E-state index < -0.39 is 17.5 Å². The van der Waals surface area contributed by atoms with Crippen molar-refractivity contribution >= 4 is 0 Å². The maximum absolute atomic E-state index is 12.9. The second-order valence-corrected chi connectivity index (χ2v) is 6.12. The molecule has 2 heterocycles. The number of phenols is 1. The second kappa shape index (κ2) is 6.51. The van der Waals surface area contributed by atoms with Crippen molar-refractivity contribution in [2.75, 3.05) is 13.1 Å². The molecule has 0 radical (unpaired) electrons. The number of hydrogen-bond donors (Lipinski definition) is 2. The number of piperidine rings is 1. The van der Waals surface area contributed by atoms with Crippen LogP contribution in [0.15, 0.2) is 29.2 Å². The number of halogens is 3. The molecule has 8 heteroatoms. The monoisotopic (exact) mass is 353 g/mol. The molecule has 0 amide bonds. The summed E-state index contributed by atoms with van der Waals surface area (Å²) in [7, 11) is 0. The van der Waals surface area contributed by atoms with Gasteiger partial charge < -0.3 is 10.4 Å². The van der Waals surface area contributed by atoms with Crippen LogP contribution in [0, 0.1) is 6.92 Å². The van der Waals surface area contributed by atoms with E-state index in [4.69, 9.17) is 0 Å². The summed E-state index contributed by atoms with van der Waals surface area (Å²) in [6, 6.07) is 2.52. The molecule has 1 saturated heterocycles. The number of alkyl halides is 3. The Balaban J connectivity index is 2.08. The molecule has 0 saturated carbocycles. The van der Waals surface area contributed by atoms with E-state index in [9.17, 15) is 23.1 Å². The first-order valence-electron chi connectivity index (χ1n) is 7.98. The predicted molar refractivity (Wildman–Crippen MR) is 86.5 cm³/mol. The molecule has 1 atom stereocenters. The molecule has 3 rings (SSSR count). The highest BCUT2D eigenvalue weighted by molar-refractivity contribution is 5.69. The minimum Gasteiger partial charge on any atom is -0.507 e. The summed E-state index contributed by atoms with van der Waals surface area (Å²) >= 11 is 0. The van der Waals surface area contributed by atoms with Gasteiger partial charge in [0.25, 0.3) is 5.56 Å². The van der Waals surface area contributed by atoms with E-state index in [1.165, 1.54) is 6.20 Å². The number of aryl methyl sites for hydroxylation is 1. The molecule has 1 aliphatic rings. The van der Waals surface area contributed by atoms with Gasteiger partial charge in [0.15, 0.2) is 0 Å². The molecule has 0 aliphatic carbocycles. The fraction of sp³-hybridized carbons (Fsp3) is 0.412. The minimum absolute atomic E-state index is 0.0445. The highest BCUT2D eigenvalue weighted by Crippen LogP contribution is 2.35. The second-order valence-electron chi connectivity index (χ2n) is 6.12. The van der Waals surface area contributed by atoms with Crippen LogP contribution in [0.3, 0.4) is 0 Å². The Hall–Kier alpha value is -2.35. The van der Waals surface area contributed by atoms with Gasteiger partial charge in [-0.1, -0.05) is 0 Å². The molecule has 25 heavy (non-hydrogen) atoms. The van der Waals surface area contributed by atoms with E-state index in [-0.39, 0.29) is 22.7 Å². The van der Waals surface area contributed by atoms with Gasteiger partial charge in [0.2, 0.25) is 0 Å². The molecule has 5 nitrogen and oxygen atoms in total. The molecule has 2 N–H and O–H groups in total. The number of hydrogen-bond acceptors (Lipinski definition) is 4. The highest BCUT2D eigenvalue weighted by atomic mass is 19.4. The number of rotatable bonds is 2. The van der Waals surface area contributed by atoms with Crippen LogP contribution in [0.5, 0.6) is 5.75 Å². The smallest absolute Gasteiger partial charge is 0.416 e. The van der Waals surface area contributed by atoms with Crippen molar-refractivity contribution in [1.82, 2.24) is 14.9 Å². The van der Waals surface area contributed by atoms with Crippen molar-refractivity contribution in [2.24, 2.45) is 0 Å². The van der Waals surface area contributed by atoms with E-state index in [1.807, 2.05) is 0 Å². The van der Waals surface area contributed by atoms with Crippen LogP contribution >= 0.6 is 0 Å². The summed E-state index contributed by atoms with van der Waals surface area (Å²) in [5, 5.41) is 13.2. The van der Waals surface area contributed by atoms with E-state index in [2.05, 4.69) is 10.3 Å². The number of aromatic hydroxyl groups is 1. The fourth-order valence-electron chi connectivity index (χ4n) is 3.16. The van der Waals surface area contributed by atoms with E-state index in [1.54, 1.807) is 11.5 Å². The van der Waals surface area contributed by atoms with Gasteiger partial charge in [-0.2, -0.15) is 13.2 Å². The maximum Gasteiger partial charge on any atom is 0.416 e. The van der Waals surface area contributed by atoms with Crippen molar-refractivity contribution in [3.8, 4) is 16.9 Å². The van der Waals surface area contributed by atoms with Gasteiger partial charge in [-0.15, -0.1) is 0 Å². The third kappa shape index (κ3) is 3.39. The Kier molecular flexibility index (Phi) is 4.55. The normalized spacial score (nSPS) is 18.3. The number of nitrogens with one attached hydrogen (secondary N) is 1. The maximum atomic E-state index is 12.9. The van der Waals surface area contributed by atoms with Crippen molar-refractivity contribution in [2.45, 2.75) is 32.0 Å². The molecule has 1 aromatic heterocycles. The van der Waals surface area contributed by atoms with Crippen molar-refractivity contribution in [1.29, 1.82) is 0 Å². The minimum atomic E-state index is -4.56. The first-order valence-corrected chi connectivity index (χ1v) is 7.98. The standard InChI is InChI=1S/C17H18F3N3O2/c1-10-22-9-14(16(25)23(10)12-3-2-6-21-8-12)13-5-4-11(7-15(13)24)17(18,19)20/h4-5,7,9,12,21,24H,2-3,6,8H2,1H3/t12-/m1/s1. The summed E-state index contributed by atoms with van der Waals surface area (Å²) in [5.41, 5.74) is -1.20. The van der Waals surface area contributed by atoms with Gasteiger partial charge in [-0.05, 0) is 44.5 Å². The van der Waals surface area contributed by atoms with Crippen molar-refractivity contribution in [3.05, 3.63) is 46.1 Å². The predicted octanol–water partition coefficient (Wildman–Crippen LogP) is 2.87. The number of benzene rings is 1. The molecule has 134 valence electrons. The van der Waals surface area contributed by atoms with Gasteiger partial charge in [-0.25, -0.2) is 4.98 Å². The average Bonchev–Trinajstić information content (AvgIpc) is 2.56. The lowest BCUT2D eigenvalue weighted by Gasteiger charge is -2.26. The van der Waals surface area contributed by atoms with Crippen molar-refractivity contribution in [3.63, 3.8) is 0 Å². The Morgan fingerprint density at radius 1 is 1.32 bits per heavy atom. The summed E-state index contributed by atoms with van der Waals surface area (Å²) < 4.78 is 39.8. The number of nitrogens with zero attached hydrogens (tertiary/aromatic N) is 2. The lowest BCUT2D eigenvalue weighted by molar-refractivity contribution is -0.137. The SMILES string of the molecule is Cc1ncc(-c2ccc(C(F)(F)F)cc2O)c(=O)n1[C@@H]1CCCNC1. The van der Waals surface area contributed by atoms with Crippen LogP contribution < -0.4 is 10.9 Å². The van der Waals surface area contributed by atoms with Crippen LogP contribution in [0.4, 0.5) is 13.2 Å². The third-order valence-electron chi connectivity index (χ3n) is 4.43. The Bertz CT molecular complexity index is 840. The highest BCUT2D eigenvalue weighted by Gasteiger charge is 2.31.